The van der Waals surface area contributed by atoms with Crippen molar-refractivity contribution < 1.29 is 19.4 Å². The Labute approximate surface area is 177 Å². The molecule has 0 bridgehead atoms. The summed E-state index contributed by atoms with van der Waals surface area (Å²) in [6, 6.07) is 2.32. The Morgan fingerprint density at radius 2 is 1.55 bits per heavy atom. The molecule has 0 aliphatic carbocycles. The van der Waals surface area contributed by atoms with Crippen LogP contribution >= 0.6 is 0 Å². The Morgan fingerprint density at radius 1 is 0.966 bits per heavy atom. The first-order valence-corrected chi connectivity index (χ1v) is 10.8. The summed E-state index contributed by atoms with van der Waals surface area (Å²) in [7, 11) is 0. The van der Waals surface area contributed by atoms with Crippen LogP contribution in [0.4, 0.5) is 0 Å². The maximum absolute atomic E-state index is 11.2. The maximum atomic E-state index is 11.2. The molecule has 0 saturated carbocycles. The summed E-state index contributed by atoms with van der Waals surface area (Å²) < 4.78 is 5.13. The molecule has 0 atom stereocenters. The van der Waals surface area contributed by atoms with Gasteiger partial charge in [0.1, 0.15) is 5.60 Å². The average molecular weight is 405 g/mol. The Kier molecular flexibility index (Phi) is 9.38. The van der Waals surface area contributed by atoms with Crippen LogP contribution in [-0.4, -0.2) is 23.1 Å². The number of carboxylic acids is 1. The topological polar surface area (TPSA) is 63.6 Å². The molecule has 0 spiro atoms. The summed E-state index contributed by atoms with van der Waals surface area (Å²) in [4.78, 5) is 21.8. The number of ether oxygens (including phenoxy) is 1. The number of hydrogen-bond acceptors (Lipinski definition) is 3. The molecule has 4 heteroatoms. The van der Waals surface area contributed by atoms with Gasteiger partial charge in [-0.25, -0.2) is 0 Å². The van der Waals surface area contributed by atoms with Gasteiger partial charge in [0.2, 0.25) is 0 Å². The molecule has 0 heterocycles. The molecule has 1 N–H and O–H groups in total. The Balaban J connectivity index is 2.64. The number of benzene rings is 1. The van der Waals surface area contributed by atoms with Crippen molar-refractivity contribution in [3.05, 3.63) is 33.9 Å². The van der Waals surface area contributed by atoms with Crippen molar-refractivity contribution in [2.24, 2.45) is 5.41 Å². The van der Waals surface area contributed by atoms with E-state index in [1.165, 1.54) is 27.8 Å². The van der Waals surface area contributed by atoms with Gasteiger partial charge < -0.3 is 9.84 Å². The quantitative estimate of drug-likeness (QED) is 0.319. The van der Waals surface area contributed by atoms with E-state index < -0.39 is 11.4 Å². The number of rotatable bonds is 13. The number of carbonyl (C=O) groups is 2. The van der Waals surface area contributed by atoms with Crippen LogP contribution < -0.4 is 0 Å². The van der Waals surface area contributed by atoms with Gasteiger partial charge in [-0.15, -0.1) is 0 Å². The van der Waals surface area contributed by atoms with E-state index in [-0.39, 0.29) is 5.60 Å². The van der Waals surface area contributed by atoms with E-state index in [4.69, 9.17) is 4.74 Å². The highest BCUT2D eigenvalue weighted by atomic mass is 16.5. The Hall–Kier alpha value is -1.84. The second-order valence-electron chi connectivity index (χ2n) is 9.66. The number of carboxylic acid groups (broad SMARTS) is 1. The normalized spacial score (nSPS) is 12.1. The van der Waals surface area contributed by atoms with Crippen LogP contribution in [0, 0.1) is 26.2 Å². The van der Waals surface area contributed by atoms with Crippen LogP contribution in [0.5, 0.6) is 0 Å². The lowest BCUT2D eigenvalue weighted by atomic mass is 9.85. The third-order valence-corrected chi connectivity index (χ3v) is 6.26. The number of hydrogen-bond donors (Lipinski definition) is 1. The highest BCUT2D eigenvalue weighted by Gasteiger charge is 2.26. The third kappa shape index (κ3) is 7.83. The second kappa shape index (κ2) is 10.8. The molecule has 4 nitrogen and oxygen atoms in total. The highest BCUT2D eigenvalue weighted by molar-refractivity contribution is 5.73. The summed E-state index contributed by atoms with van der Waals surface area (Å²) in [6.07, 6.45) is 7.67. The fraction of sp³-hybridized carbons (Fsp3) is 0.680. The second-order valence-corrected chi connectivity index (χ2v) is 9.66. The van der Waals surface area contributed by atoms with Crippen LogP contribution in [0.15, 0.2) is 6.07 Å². The van der Waals surface area contributed by atoms with Crippen LogP contribution in [0.2, 0.25) is 0 Å². The fourth-order valence-electron chi connectivity index (χ4n) is 3.89. The largest absolute Gasteiger partial charge is 0.481 e. The molecule has 29 heavy (non-hydrogen) atoms. The molecule has 1 aromatic rings. The minimum atomic E-state index is -0.717. The molecule has 0 aliphatic rings. The van der Waals surface area contributed by atoms with Gasteiger partial charge >= 0.3 is 5.97 Å². The van der Waals surface area contributed by atoms with Gasteiger partial charge in [-0.3, -0.25) is 9.59 Å². The molecule has 0 fully saturated rings. The van der Waals surface area contributed by atoms with Crippen LogP contribution in [-0.2, 0) is 27.2 Å². The first-order chi connectivity index (χ1) is 13.4. The van der Waals surface area contributed by atoms with Crippen LogP contribution in [0.3, 0.4) is 0 Å². The van der Waals surface area contributed by atoms with Crippen molar-refractivity contribution >= 4 is 12.4 Å². The molecule has 0 radical (unpaired) electrons. The highest BCUT2D eigenvalue weighted by Crippen LogP contribution is 2.28. The lowest BCUT2D eigenvalue weighted by Gasteiger charge is -2.22. The van der Waals surface area contributed by atoms with Crippen molar-refractivity contribution in [3.8, 4) is 0 Å². The minimum Gasteiger partial charge on any atom is -0.481 e. The first kappa shape index (κ1) is 25.2. The first-order valence-electron chi connectivity index (χ1n) is 10.8. The Bertz CT molecular complexity index is 701. The fourth-order valence-corrected chi connectivity index (χ4v) is 3.89. The van der Waals surface area contributed by atoms with Gasteiger partial charge in [-0.05, 0) is 121 Å². The van der Waals surface area contributed by atoms with Crippen molar-refractivity contribution in [2.45, 2.75) is 105 Å². The Morgan fingerprint density at radius 3 is 2.14 bits per heavy atom. The van der Waals surface area contributed by atoms with E-state index in [9.17, 15) is 14.7 Å². The van der Waals surface area contributed by atoms with Gasteiger partial charge in [-0.1, -0.05) is 12.5 Å². The van der Waals surface area contributed by atoms with Crippen molar-refractivity contribution in [1.82, 2.24) is 0 Å². The SMILES string of the molecule is Cc1cc(CCCCC(C)(C)C(=O)O)c(C)c(C)c1CCCCC(C)(C)OC=O. The summed E-state index contributed by atoms with van der Waals surface area (Å²) in [5.41, 5.74) is 5.89. The standard InChI is InChI=1S/C25H40O4/c1-18-16-21(12-8-10-14-24(4,5)23(27)28)19(2)20(3)22(18)13-9-11-15-25(6,7)29-17-26/h16-17H,8-15H2,1-7H3,(H,27,28). The van der Waals surface area contributed by atoms with Gasteiger partial charge in [0, 0.05) is 0 Å². The summed E-state index contributed by atoms with van der Waals surface area (Å²) in [5.74, 6) is -0.717. The molecule has 0 saturated heterocycles. The monoisotopic (exact) mass is 404 g/mol. The predicted molar refractivity (Wildman–Crippen MR) is 118 cm³/mol. The van der Waals surface area contributed by atoms with Crippen LogP contribution in [0.1, 0.15) is 94.0 Å². The van der Waals surface area contributed by atoms with Gasteiger partial charge in [0.05, 0.1) is 5.41 Å². The average Bonchev–Trinajstić information content (AvgIpc) is 2.61. The zero-order chi connectivity index (χ0) is 22.2. The van der Waals surface area contributed by atoms with E-state index in [1.54, 1.807) is 13.8 Å². The number of unbranched alkanes of at least 4 members (excludes halogenated alkanes) is 2. The number of carbonyl (C=O) groups excluding carboxylic acids is 1. The molecule has 0 aromatic heterocycles. The molecule has 0 unspecified atom stereocenters. The zero-order valence-corrected chi connectivity index (χ0v) is 19.5. The smallest absolute Gasteiger partial charge is 0.309 e. The lowest BCUT2D eigenvalue weighted by molar-refractivity contribution is -0.147. The molecular formula is C25H40O4. The predicted octanol–water partition coefficient (Wildman–Crippen LogP) is 6.10. The van der Waals surface area contributed by atoms with E-state index in [0.717, 1.165) is 44.9 Å². The van der Waals surface area contributed by atoms with Crippen molar-refractivity contribution in [1.29, 1.82) is 0 Å². The maximum Gasteiger partial charge on any atom is 0.309 e. The molecule has 0 amide bonds. The molecule has 1 aromatic carbocycles. The summed E-state index contributed by atoms with van der Waals surface area (Å²) >= 11 is 0. The van der Waals surface area contributed by atoms with Crippen LogP contribution in [0.25, 0.3) is 0 Å². The van der Waals surface area contributed by atoms with E-state index in [1.807, 2.05) is 13.8 Å². The van der Waals surface area contributed by atoms with E-state index in [2.05, 4.69) is 26.8 Å². The van der Waals surface area contributed by atoms with Gasteiger partial charge in [0.15, 0.2) is 0 Å². The zero-order valence-electron chi connectivity index (χ0n) is 19.5. The molecular weight excluding hydrogens is 364 g/mol. The lowest BCUT2D eigenvalue weighted by Crippen LogP contribution is -2.23. The van der Waals surface area contributed by atoms with Gasteiger partial charge in [-0.2, -0.15) is 0 Å². The van der Waals surface area contributed by atoms with E-state index in [0.29, 0.717) is 12.9 Å². The molecule has 164 valence electrons. The van der Waals surface area contributed by atoms with Crippen molar-refractivity contribution in [3.63, 3.8) is 0 Å². The summed E-state index contributed by atoms with van der Waals surface area (Å²) in [5, 5.41) is 9.24. The van der Waals surface area contributed by atoms with Gasteiger partial charge in [0.25, 0.3) is 6.47 Å². The summed E-state index contributed by atoms with van der Waals surface area (Å²) in [6.45, 7) is 14.7. The number of aryl methyl sites for hydroxylation is 2. The molecule has 0 aliphatic heterocycles. The van der Waals surface area contributed by atoms with E-state index >= 15 is 0 Å². The third-order valence-electron chi connectivity index (χ3n) is 6.26. The molecule has 1 rings (SSSR count). The minimum absolute atomic E-state index is 0.388. The van der Waals surface area contributed by atoms with Crippen molar-refractivity contribution in [2.75, 3.05) is 0 Å². The number of aliphatic carboxylic acids is 1.